The minimum absolute atomic E-state index is 0.208. The standard InChI is InChI=1S/C28H34FN7O3/c1-17-9-19-15-34(8-7-33(19)13-17)23-11-20-18(14-35(27(20)38)16-24(29)28(2,3)39)10-22(23)32-26(37)21-12-31-36-6-4-5-30-25(21)36/h4-6,10-12,17,19,24,39H,7-9,13-16H2,1-3H3,(H,32,37)/t17-,19-,24?/m1/s1. The number of nitrogens with one attached hydrogen (secondary N) is 1. The molecule has 6 rings (SSSR count). The second-order valence-corrected chi connectivity index (χ2v) is 11.7. The zero-order chi connectivity index (χ0) is 27.5. The molecule has 10 nitrogen and oxygen atoms in total. The monoisotopic (exact) mass is 535 g/mol. The van der Waals surface area contributed by atoms with Crippen molar-refractivity contribution in [3.05, 3.63) is 53.5 Å². The summed E-state index contributed by atoms with van der Waals surface area (Å²) in [6, 6.07) is 5.83. The molecule has 2 aromatic heterocycles. The molecule has 1 unspecified atom stereocenters. The lowest BCUT2D eigenvalue weighted by Crippen LogP contribution is -2.50. The summed E-state index contributed by atoms with van der Waals surface area (Å²) >= 11 is 0. The van der Waals surface area contributed by atoms with E-state index in [1.54, 1.807) is 23.0 Å². The van der Waals surface area contributed by atoms with Gasteiger partial charge in [0, 0.05) is 56.7 Å². The minimum atomic E-state index is -1.59. The topological polar surface area (TPSA) is 106 Å². The Hall–Kier alpha value is -3.57. The van der Waals surface area contributed by atoms with E-state index in [0.717, 1.165) is 38.3 Å². The number of aromatic nitrogens is 3. The van der Waals surface area contributed by atoms with Crippen molar-refractivity contribution < 1.29 is 19.1 Å². The van der Waals surface area contributed by atoms with Crippen LogP contribution in [0.15, 0.2) is 36.8 Å². The van der Waals surface area contributed by atoms with Gasteiger partial charge in [0.25, 0.3) is 11.8 Å². The summed E-state index contributed by atoms with van der Waals surface area (Å²) in [6.45, 7) is 8.64. The average molecular weight is 536 g/mol. The summed E-state index contributed by atoms with van der Waals surface area (Å²) < 4.78 is 16.2. The van der Waals surface area contributed by atoms with Crippen LogP contribution in [0, 0.1) is 5.92 Å². The molecule has 3 aromatic rings. The van der Waals surface area contributed by atoms with E-state index in [0.29, 0.717) is 40.0 Å². The van der Waals surface area contributed by atoms with Crippen LogP contribution in [0.3, 0.4) is 0 Å². The van der Waals surface area contributed by atoms with E-state index in [1.807, 2.05) is 12.1 Å². The van der Waals surface area contributed by atoms with Crippen LogP contribution in [0.1, 0.15) is 53.5 Å². The fourth-order valence-electron chi connectivity index (χ4n) is 6.03. The first-order valence-electron chi connectivity index (χ1n) is 13.5. The SMILES string of the molecule is C[C@@H]1C[C@@H]2CN(c3cc4c(cc3NC(=O)c3cnn5cccnc35)CN(CC(F)C(C)(C)O)C4=O)CCN2C1. The fourth-order valence-corrected chi connectivity index (χ4v) is 6.03. The van der Waals surface area contributed by atoms with Gasteiger partial charge in [-0.1, -0.05) is 6.92 Å². The lowest BCUT2D eigenvalue weighted by atomic mass is 10.0. The van der Waals surface area contributed by atoms with E-state index in [9.17, 15) is 19.1 Å². The van der Waals surface area contributed by atoms with Crippen molar-refractivity contribution in [1.29, 1.82) is 0 Å². The van der Waals surface area contributed by atoms with Gasteiger partial charge in [0.2, 0.25) is 0 Å². The molecule has 2 saturated heterocycles. The van der Waals surface area contributed by atoms with Gasteiger partial charge in [-0.15, -0.1) is 0 Å². The van der Waals surface area contributed by atoms with E-state index in [-0.39, 0.29) is 24.9 Å². The van der Waals surface area contributed by atoms with Crippen LogP contribution in [0.25, 0.3) is 5.65 Å². The molecule has 2 N–H and O–H groups in total. The zero-order valence-electron chi connectivity index (χ0n) is 22.5. The summed E-state index contributed by atoms with van der Waals surface area (Å²) in [4.78, 5) is 37.3. The zero-order valence-corrected chi connectivity index (χ0v) is 22.5. The van der Waals surface area contributed by atoms with Gasteiger partial charge < -0.3 is 20.2 Å². The molecule has 3 aliphatic rings. The third-order valence-electron chi connectivity index (χ3n) is 8.19. The minimum Gasteiger partial charge on any atom is -0.387 e. The Balaban J connectivity index is 1.33. The highest BCUT2D eigenvalue weighted by molar-refractivity contribution is 6.10. The van der Waals surface area contributed by atoms with Gasteiger partial charge in [-0.2, -0.15) is 5.10 Å². The van der Waals surface area contributed by atoms with Gasteiger partial charge in [-0.25, -0.2) is 13.9 Å². The molecule has 2 fully saturated rings. The molecule has 11 heteroatoms. The first-order valence-corrected chi connectivity index (χ1v) is 13.5. The molecule has 3 atom stereocenters. The number of benzene rings is 1. The van der Waals surface area contributed by atoms with E-state index < -0.39 is 11.8 Å². The normalized spacial score (nSPS) is 22.3. The fraction of sp³-hybridized carbons (Fsp3) is 0.500. The van der Waals surface area contributed by atoms with Crippen LogP contribution in [0.5, 0.6) is 0 Å². The van der Waals surface area contributed by atoms with E-state index in [4.69, 9.17) is 0 Å². The van der Waals surface area contributed by atoms with Gasteiger partial charge >= 0.3 is 0 Å². The summed E-state index contributed by atoms with van der Waals surface area (Å²) in [6.07, 6.45) is 4.36. The van der Waals surface area contributed by atoms with E-state index >= 15 is 0 Å². The Bertz CT molecular complexity index is 1430. The molecule has 2 amide bonds. The second kappa shape index (κ2) is 9.56. The lowest BCUT2D eigenvalue weighted by molar-refractivity contribution is -0.0159. The summed E-state index contributed by atoms with van der Waals surface area (Å²) in [5.74, 6) is 0.0258. The Labute approximate surface area is 226 Å². The van der Waals surface area contributed by atoms with Crippen molar-refractivity contribution in [3.63, 3.8) is 0 Å². The van der Waals surface area contributed by atoms with Crippen LogP contribution >= 0.6 is 0 Å². The quantitative estimate of drug-likeness (QED) is 0.500. The highest BCUT2D eigenvalue weighted by Gasteiger charge is 2.38. The molecule has 0 aliphatic carbocycles. The van der Waals surface area contributed by atoms with Crippen molar-refractivity contribution in [3.8, 4) is 0 Å². The number of fused-ring (bicyclic) bond motifs is 3. The van der Waals surface area contributed by atoms with Gasteiger partial charge in [-0.05, 0) is 49.9 Å². The molecular weight excluding hydrogens is 501 g/mol. The van der Waals surface area contributed by atoms with Crippen LogP contribution < -0.4 is 10.2 Å². The van der Waals surface area contributed by atoms with E-state index in [2.05, 4.69) is 32.1 Å². The first kappa shape index (κ1) is 25.7. The highest BCUT2D eigenvalue weighted by Crippen LogP contribution is 2.37. The van der Waals surface area contributed by atoms with Crippen molar-refractivity contribution in [2.75, 3.05) is 42.9 Å². The number of hydrogen-bond acceptors (Lipinski definition) is 7. The number of alkyl halides is 1. The summed E-state index contributed by atoms with van der Waals surface area (Å²) in [7, 11) is 0. The highest BCUT2D eigenvalue weighted by atomic mass is 19.1. The van der Waals surface area contributed by atoms with Crippen LogP contribution in [-0.2, 0) is 6.54 Å². The van der Waals surface area contributed by atoms with Gasteiger partial charge in [0.1, 0.15) is 11.7 Å². The Morgan fingerprint density at radius 3 is 2.90 bits per heavy atom. The number of anilines is 2. The maximum absolute atomic E-state index is 14.7. The van der Waals surface area contributed by atoms with Crippen molar-refractivity contribution in [2.45, 2.75) is 51.6 Å². The number of carbonyl (C=O) groups excluding carboxylic acids is 2. The predicted octanol–water partition coefficient (Wildman–Crippen LogP) is 2.58. The molecule has 0 radical (unpaired) electrons. The number of rotatable bonds is 6. The molecule has 206 valence electrons. The van der Waals surface area contributed by atoms with Crippen LogP contribution in [0.4, 0.5) is 15.8 Å². The molecular formula is C28H34FN7O3. The molecule has 3 aliphatic heterocycles. The molecule has 39 heavy (non-hydrogen) atoms. The maximum atomic E-state index is 14.7. The van der Waals surface area contributed by atoms with Crippen LogP contribution in [-0.4, -0.2) is 91.9 Å². The smallest absolute Gasteiger partial charge is 0.261 e. The van der Waals surface area contributed by atoms with Gasteiger partial charge in [0.15, 0.2) is 5.65 Å². The van der Waals surface area contributed by atoms with Crippen molar-refractivity contribution >= 4 is 28.8 Å². The molecule has 0 spiro atoms. The largest absolute Gasteiger partial charge is 0.387 e. The van der Waals surface area contributed by atoms with Gasteiger partial charge in [-0.3, -0.25) is 14.5 Å². The van der Waals surface area contributed by atoms with E-state index in [1.165, 1.54) is 24.9 Å². The first-order chi connectivity index (χ1) is 18.6. The Kier molecular flexibility index (Phi) is 6.30. The van der Waals surface area contributed by atoms with Crippen molar-refractivity contribution in [1.82, 2.24) is 24.4 Å². The van der Waals surface area contributed by atoms with Gasteiger partial charge in [0.05, 0.1) is 29.7 Å². The number of aliphatic hydroxyl groups is 1. The number of nitrogens with zero attached hydrogens (tertiary/aromatic N) is 6. The number of piperazine rings is 1. The third kappa shape index (κ3) is 4.74. The van der Waals surface area contributed by atoms with Crippen LogP contribution in [0.2, 0.25) is 0 Å². The number of halogens is 1. The van der Waals surface area contributed by atoms with Crippen molar-refractivity contribution in [2.24, 2.45) is 5.92 Å². The number of amides is 2. The molecule has 5 heterocycles. The average Bonchev–Trinajstić information content (AvgIpc) is 3.57. The summed E-state index contributed by atoms with van der Waals surface area (Å²) in [5.41, 5.74) is 1.84. The number of carbonyl (C=O) groups is 2. The molecule has 0 saturated carbocycles. The Morgan fingerprint density at radius 2 is 2.10 bits per heavy atom. The summed E-state index contributed by atoms with van der Waals surface area (Å²) in [5, 5.41) is 17.4. The Morgan fingerprint density at radius 1 is 1.28 bits per heavy atom. The molecule has 0 bridgehead atoms. The molecule has 1 aromatic carbocycles. The number of hydrogen-bond donors (Lipinski definition) is 2. The maximum Gasteiger partial charge on any atom is 0.261 e. The third-order valence-corrected chi connectivity index (χ3v) is 8.19. The lowest BCUT2D eigenvalue weighted by Gasteiger charge is -2.39. The predicted molar refractivity (Wildman–Crippen MR) is 145 cm³/mol. The second-order valence-electron chi connectivity index (χ2n) is 11.7.